The molecule has 106 valence electrons. The molecule has 0 aromatic heterocycles. The molecule has 0 aliphatic rings. The molecule has 0 radical (unpaired) electrons. The molecule has 0 fully saturated rings. The van der Waals surface area contributed by atoms with E-state index in [1.54, 1.807) is 18.2 Å². The zero-order valence-electron chi connectivity index (χ0n) is 11.3. The van der Waals surface area contributed by atoms with E-state index < -0.39 is 5.97 Å². The van der Waals surface area contributed by atoms with Gasteiger partial charge >= 0.3 is 5.97 Å². The van der Waals surface area contributed by atoms with Crippen LogP contribution in [-0.2, 0) is 6.61 Å². The second-order valence-electron chi connectivity index (χ2n) is 4.49. The molecule has 0 saturated heterocycles. The Bertz CT molecular complexity index is 735. The molecule has 2 rings (SSSR count). The average Bonchev–Trinajstić information content (AvgIpc) is 2.46. The molecule has 1 N–H and O–H groups in total. The number of halogens is 1. The molecule has 2 aromatic carbocycles. The Balaban J connectivity index is 2.13. The molecule has 2 aromatic rings. The van der Waals surface area contributed by atoms with Gasteiger partial charge in [-0.1, -0.05) is 6.07 Å². The molecule has 0 spiro atoms. The molecule has 0 aliphatic heterocycles. The first-order chi connectivity index (χ1) is 10.0. The van der Waals surface area contributed by atoms with Crippen molar-refractivity contribution < 1.29 is 14.6 Å². The van der Waals surface area contributed by atoms with Crippen molar-refractivity contribution in [1.82, 2.24) is 0 Å². The Morgan fingerprint density at radius 3 is 2.67 bits per heavy atom. The van der Waals surface area contributed by atoms with Gasteiger partial charge in [0.15, 0.2) is 0 Å². The van der Waals surface area contributed by atoms with Gasteiger partial charge in [0.2, 0.25) is 0 Å². The predicted octanol–water partition coefficient (Wildman–Crippen LogP) is 3.91. The van der Waals surface area contributed by atoms with Crippen LogP contribution in [0.3, 0.4) is 0 Å². The third kappa shape index (κ3) is 3.61. The molecular weight excluding hydrogens is 334 g/mol. The minimum absolute atomic E-state index is 0.198. The van der Waals surface area contributed by atoms with Gasteiger partial charge in [-0.15, -0.1) is 0 Å². The molecule has 0 bridgehead atoms. The Hall–Kier alpha value is -2.32. The van der Waals surface area contributed by atoms with E-state index in [-0.39, 0.29) is 5.56 Å². The number of rotatable bonds is 4. The standard InChI is InChI=1S/C16H12BrNO3/c1-10-6-11(8-18)2-3-13(10)9-21-15-5-4-12(16(19)20)7-14(15)17/h2-7H,9H2,1H3,(H,19,20). The lowest BCUT2D eigenvalue weighted by molar-refractivity contribution is 0.0696. The number of ether oxygens (including phenoxy) is 1. The Morgan fingerprint density at radius 2 is 2.10 bits per heavy atom. The molecule has 5 heteroatoms. The highest BCUT2D eigenvalue weighted by atomic mass is 79.9. The fraction of sp³-hybridized carbons (Fsp3) is 0.125. The van der Waals surface area contributed by atoms with E-state index >= 15 is 0 Å². The second-order valence-corrected chi connectivity index (χ2v) is 5.35. The quantitative estimate of drug-likeness (QED) is 0.911. The summed E-state index contributed by atoms with van der Waals surface area (Å²) < 4.78 is 6.28. The topological polar surface area (TPSA) is 70.3 Å². The van der Waals surface area contributed by atoms with Crippen LogP contribution < -0.4 is 4.74 Å². The third-order valence-corrected chi connectivity index (χ3v) is 3.65. The fourth-order valence-electron chi connectivity index (χ4n) is 1.83. The lowest BCUT2D eigenvalue weighted by Gasteiger charge is -2.11. The minimum atomic E-state index is -0.981. The van der Waals surface area contributed by atoms with Crippen LogP contribution in [0.4, 0.5) is 0 Å². The highest BCUT2D eigenvalue weighted by molar-refractivity contribution is 9.10. The van der Waals surface area contributed by atoms with Gasteiger partial charge in [0.25, 0.3) is 0 Å². The van der Waals surface area contributed by atoms with Crippen LogP contribution in [0, 0.1) is 18.3 Å². The van der Waals surface area contributed by atoms with Crippen LogP contribution in [-0.4, -0.2) is 11.1 Å². The van der Waals surface area contributed by atoms with E-state index in [2.05, 4.69) is 22.0 Å². The van der Waals surface area contributed by atoms with Crippen LogP contribution in [0.15, 0.2) is 40.9 Å². The van der Waals surface area contributed by atoms with E-state index in [0.717, 1.165) is 11.1 Å². The summed E-state index contributed by atoms with van der Waals surface area (Å²) in [6.45, 7) is 2.27. The van der Waals surface area contributed by atoms with Crippen molar-refractivity contribution >= 4 is 21.9 Å². The van der Waals surface area contributed by atoms with Crippen LogP contribution in [0.2, 0.25) is 0 Å². The van der Waals surface area contributed by atoms with Crippen molar-refractivity contribution in [3.8, 4) is 11.8 Å². The molecule has 0 atom stereocenters. The number of nitriles is 1. The Kier molecular flexibility index (Phi) is 4.61. The summed E-state index contributed by atoms with van der Waals surface area (Å²) in [5, 5.41) is 17.7. The van der Waals surface area contributed by atoms with Crippen LogP contribution in [0.25, 0.3) is 0 Å². The van der Waals surface area contributed by atoms with Gasteiger partial charge in [-0.25, -0.2) is 4.79 Å². The first kappa shape index (κ1) is 15.1. The number of carboxylic acid groups (broad SMARTS) is 1. The minimum Gasteiger partial charge on any atom is -0.488 e. The van der Waals surface area contributed by atoms with Crippen molar-refractivity contribution in [2.45, 2.75) is 13.5 Å². The summed E-state index contributed by atoms with van der Waals surface area (Å²) in [5.74, 6) is -0.408. The number of aromatic carboxylic acids is 1. The van der Waals surface area contributed by atoms with E-state index in [0.29, 0.717) is 22.4 Å². The largest absolute Gasteiger partial charge is 0.488 e. The molecule has 0 saturated carbocycles. The zero-order chi connectivity index (χ0) is 15.4. The lowest BCUT2D eigenvalue weighted by Crippen LogP contribution is -2.00. The van der Waals surface area contributed by atoms with Gasteiger partial charge < -0.3 is 9.84 Å². The number of nitrogens with zero attached hydrogens (tertiary/aromatic N) is 1. The first-order valence-electron chi connectivity index (χ1n) is 6.16. The van der Waals surface area contributed by atoms with Gasteiger partial charge in [0.05, 0.1) is 21.7 Å². The van der Waals surface area contributed by atoms with Crippen molar-refractivity contribution in [3.05, 3.63) is 63.1 Å². The molecular formula is C16H12BrNO3. The van der Waals surface area contributed by atoms with Gasteiger partial charge in [-0.2, -0.15) is 5.26 Å². The third-order valence-electron chi connectivity index (χ3n) is 3.03. The summed E-state index contributed by atoms with van der Waals surface area (Å²) in [5.41, 5.74) is 2.77. The number of aryl methyl sites for hydroxylation is 1. The monoisotopic (exact) mass is 345 g/mol. The van der Waals surface area contributed by atoms with Crippen molar-refractivity contribution in [2.24, 2.45) is 0 Å². The summed E-state index contributed by atoms with van der Waals surface area (Å²) in [6.07, 6.45) is 0. The maximum absolute atomic E-state index is 10.9. The maximum Gasteiger partial charge on any atom is 0.335 e. The molecule has 0 amide bonds. The summed E-state index contributed by atoms with van der Waals surface area (Å²) in [4.78, 5) is 10.9. The SMILES string of the molecule is Cc1cc(C#N)ccc1COc1ccc(C(=O)O)cc1Br. The highest BCUT2D eigenvalue weighted by Crippen LogP contribution is 2.27. The Morgan fingerprint density at radius 1 is 1.33 bits per heavy atom. The van der Waals surface area contributed by atoms with Crippen molar-refractivity contribution in [1.29, 1.82) is 5.26 Å². The lowest BCUT2D eigenvalue weighted by atomic mass is 10.1. The van der Waals surface area contributed by atoms with Crippen molar-refractivity contribution in [3.63, 3.8) is 0 Å². The van der Waals surface area contributed by atoms with Gasteiger partial charge in [0, 0.05) is 0 Å². The normalized spacial score (nSPS) is 9.95. The van der Waals surface area contributed by atoms with E-state index in [1.807, 2.05) is 13.0 Å². The van der Waals surface area contributed by atoms with E-state index in [9.17, 15) is 4.79 Å². The molecule has 0 aliphatic carbocycles. The number of carboxylic acids is 1. The number of benzene rings is 2. The summed E-state index contributed by atoms with van der Waals surface area (Å²) >= 11 is 3.30. The molecule has 0 heterocycles. The van der Waals surface area contributed by atoms with Crippen LogP contribution >= 0.6 is 15.9 Å². The highest BCUT2D eigenvalue weighted by Gasteiger charge is 2.08. The van der Waals surface area contributed by atoms with Gasteiger partial charge in [-0.05, 0) is 64.3 Å². The van der Waals surface area contributed by atoms with Crippen LogP contribution in [0.5, 0.6) is 5.75 Å². The number of hydrogen-bond donors (Lipinski definition) is 1. The van der Waals surface area contributed by atoms with Crippen LogP contribution in [0.1, 0.15) is 27.0 Å². The van der Waals surface area contributed by atoms with Gasteiger partial charge in [0.1, 0.15) is 12.4 Å². The smallest absolute Gasteiger partial charge is 0.335 e. The zero-order valence-corrected chi connectivity index (χ0v) is 12.8. The summed E-state index contributed by atoms with van der Waals surface area (Å²) in [6, 6.07) is 12.1. The van der Waals surface area contributed by atoms with Gasteiger partial charge in [-0.3, -0.25) is 0 Å². The second kappa shape index (κ2) is 6.42. The average molecular weight is 346 g/mol. The number of carbonyl (C=O) groups is 1. The molecule has 0 unspecified atom stereocenters. The number of hydrogen-bond acceptors (Lipinski definition) is 3. The maximum atomic E-state index is 10.9. The fourth-order valence-corrected chi connectivity index (χ4v) is 2.33. The van der Waals surface area contributed by atoms with E-state index in [1.165, 1.54) is 12.1 Å². The molecule has 4 nitrogen and oxygen atoms in total. The van der Waals surface area contributed by atoms with Crippen molar-refractivity contribution in [2.75, 3.05) is 0 Å². The first-order valence-corrected chi connectivity index (χ1v) is 6.96. The van der Waals surface area contributed by atoms with E-state index in [4.69, 9.17) is 15.1 Å². The predicted molar refractivity (Wildman–Crippen MR) is 81.3 cm³/mol. The summed E-state index contributed by atoms with van der Waals surface area (Å²) in [7, 11) is 0. The Labute approximate surface area is 130 Å². The molecule has 21 heavy (non-hydrogen) atoms.